The number of esters is 3. The molecule has 0 aliphatic rings. The molecule has 69 heavy (non-hydrogen) atoms. The van der Waals surface area contributed by atoms with E-state index in [2.05, 4.69) is 69.4 Å². The number of carbonyl (C=O) groups excluding carboxylic acids is 3. The highest BCUT2D eigenvalue weighted by atomic mass is 16.6. The molecule has 6 heteroatoms. The van der Waals surface area contributed by atoms with Gasteiger partial charge < -0.3 is 14.2 Å². The van der Waals surface area contributed by atoms with Crippen LogP contribution >= 0.6 is 0 Å². The maximum atomic E-state index is 12.9. The summed E-state index contributed by atoms with van der Waals surface area (Å²) in [4.78, 5) is 38.2. The van der Waals surface area contributed by atoms with Gasteiger partial charge in [-0.1, -0.05) is 243 Å². The van der Waals surface area contributed by atoms with Crippen LogP contribution in [0, 0.1) is 0 Å². The second-order valence-corrected chi connectivity index (χ2v) is 20.2. The topological polar surface area (TPSA) is 78.9 Å². The first-order chi connectivity index (χ1) is 34.0. The molecule has 0 aliphatic heterocycles. The smallest absolute Gasteiger partial charge is 0.306 e. The molecule has 0 radical (unpaired) electrons. The standard InChI is InChI=1S/C63H114O6/c1-4-7-10-13-16-19-22-25-28-30-31-33-36-39-42-45-48-51-54-57-63(66)69-60(58-67-61(64)55-52-49-46-43-40-37-34-27-24-21-18-15-12-9-6-3)59-68-62(65)56-53-50-47-44-41-38-35-32-29-26-23-20-17-14-11-8-5-2/h16,19,21,24-26,28-29,60H,4-15,17-18,20,22-23,27,30-59H2,1-3H3/b19-16-,24-21-,28-25-,29-26-/t60-/m0/s1. The van der Waals surface area contributed by atoms with Gasteiger partial charge in [0.05, 0.1) is 0 Å². The van der Waals surface area contributed by atoms with Crippen LogP contribution in [-0.4, -0.2) is 37.2 Å². The van der Waals surface area contributed by atoms with E-state index in [9.17, 15) is 14.4 Å². The normalized spacial score (nSPS) is 12.3. The third kappa shape index (κ3) is 56.2. The van der Waals surface area contributed by atoms with Crippen LogP contribution < -0.4 is 0 Å². The van der Waals surface area contributed by atoms with Crippen molar-refractivity contribution in [3.63, 3.8) is 0 Å². The van der Waals surface area contributed by atoms with Crippen molar-refractivity contribution in [2.45, 2.75) is 322 Å². The Hall–Kier alpha value is -2.63. The van der Waals surface area contributed by atoms with Gasteiger partial charge in [0.15, 0.2) is 6.10 Å². The van der Waals surface area contributed by atoms with E-state index < -0.39 is 6.10 Å². The van der Waals surface area contributed by atoms with Crippen molar-refractivity contribution < 1.29 is 28.6 Å². The zero-order chi connectivity index (χ0) is 50.0. The molecule has 0 rings (SSSR count). The van der Waals surface area contributed by atoms with Gasteiger partial charge in [-0.25, -0.2) is 0 Å². The quantitative estimate of drug-likeness (QED) is 0.0262. The molecule has 0 aromatic carbocycles. The average molecular weight is 968 g/mol. The molecular weight excluding hydrogens is 853 g/mol. The lowest BCUT2D eigenvalue weighted by atomic mass is 10.1. The van der Waals surface area contributed by atoms with E-state index in [1.54, 1.807) is 0 Å². The van der Waals surface area contributed by atoms with Gasteiger partial charge in [0.1, 0.15) is 13.2 Å². The van der Waals surface area contributed by atoms with Gasteiger partial charge in [-0.2, -0.15) is 0 Å². The van der Waals surface area contributed by atoms with Crippen LogP contribution in [0.1, 0.15) is 316 Å². The third-order valence-electron chi connectivity index (χ3n) is 13.3. The zero-order valence-electron chi connectivity index (χ0n) is 46.1. The summed E-state index contributed by atoms with van der Waals surface area (Å²) in [6.07, 6.45) is 71.0. The molecule has 0 amide bonds. The molecule has 0 bridgehead atoms. The third-order valence-corrected chi connectivity index (χ3v) is 13.3. The van der Waals surface area contributed by atoms with Crippen LogP contribution in [-0.2, 0) is 28.6 Å². The van der Waals surface area contributed by atoms with Crippen molar-refractivity contribution >= 4 is 17.9 Å². The number of hydrogen-bond donors (Lipinski definition) is 0. The lowest BCUT2D eigenvalue weighted by molar-refractivity contribution is -0.167. The van der Waals surface area contributed by atoms with Crippen molar-refractivity contribution in [2.24, 2.45) is 0 Å². The first-order valence-electron chi connectivity index (χ1n) is 30.1. The molecule has 0 aliphatic carbocycles. The first-order valence-corrected chi connectivity index (χ1v) is 30.1. The highest BCUT2D eigenvalue weighted by molar-refractivity contribution is 5.71. The largest absolute Gasteiger partial charge is 0.462 e. The molecule has 0 saturated heterocycles. The number of rotatable bonds is 55. The molecule has 0 N–H and O–H groups in total. The summed E-state index contributed by atoms with van der Waals surface area (Å²) in [5, 5.41) is 0. The predicted octanol–water partition coefficient (Wildman–Crippen LogP) is 20.2. The minimum absolute atomic E-state index is 0.0766. The van der Waals surface area contributed by atoms with E-state index in [1.165, 1.54) is 212 Å². The number of carbonyl (C=O) groups is 3. The highest BCUT2D eigenvalue weighted by Gasteiger charge is 2.19. The van der Waals surface area contributed by atoms with Gasteiger partial charge in [0, 0.05) is 19.3 Å². The minimum atomic E-state index is -0.778. The van der Waals surface area contributed by atoms with Crippen molar-refractivity contribution in [3.05, 3.63) is 48.6 Å². The minimum Gasteiger partial charge on any atom is -0.462 e. The monoisotopic (exact) mass is 967 g/mol. The maximum Gasteiger partial charge on any atom is 0.306 e. The molecule has 0 spiro atoms. The lowest BCUT2D eigenvalue weighted by Crippen LogP contribution is -2.30. The Morgan fingerprint density at radius 2 is 0.522 bits per heavy atom. The van der Waals surface area contributed by atoms with Crippen molar-refractivity contribution in [1.29, 1.82) is 0 Å². The van der Waals surface area contributed by atoms with Crippen LogP contribution in [0.15, 0.2) is 48.6 Å². The Morgan fingerprint density at radius 1 is 0.290 bits per heavy atom. The van der Waals surface area contributed by atoms with Crippen molar-refractivity contribution in [2.75, 3.05) is 13.2 Å². The average Bonchev–Trinajstić information content (AvgIpc) is 3.35. The Balaban J connectivity index is 4.37. The molecule has 0 unspecified atom stereocenters. The summed E-state index contributed by atoms with van der Waals surface area (Å²) in [6, 6.07) is 0. The van der Waals surface area contributed by atoms with E-state index in [0.717, 1.165) is 64.2 Å². The molecule has 0 heterocycles. The van der Waals surface area contributed by atoms with E-state index in [-0.39, 0.29) is 31.1 Å². The number of unbranched alkanes of at least 4 members (excludes halogenated alkanes) is 36. The van der Waals surface area contributed by atoms with E-state index in [0.29, 0.717) is 19.3 Å². The Labute approximate surface area is 428 Å². The van der Waals surface area contributed by atoms with Crippen LogP contribution in [0.25, 0.3) is 0 Å². The van der Waals surface area contributed by atoms with Gasteiger partial charge in [-0.05, 0) is 103 Å². The fourth-order valence-electron chi connectivity index (χ4n) is 8.70. The predicted molar refractivity (Wildman–Crippen MR) is 298 cm³/mol. The van der Waals surface area contributed by atoms with Crippen LogP contribution in [0.2, 0.25) is 0 Å². The summed E-state index contributed by atoms with van der Waals surface area (Å²) < 4.78 is 16.9. The molecular formula is C63H114O6. The van der Waals surface area contributed by atoms with Crippen molar-refractivity contribution in [3.8, 4) is 0 Å². The van der Waals surface area contributed by atoms with Crippen LogP contribution in [0.4, 0.5) is 0 Å². The van der Waals surface area contributed by atoms with Crippen LogP contribution in [0.3, 0.4) is 0 Å². The fourth-order valence-corrected chi connectivity index (χ4v) is 8.70. The van der Waals surface area contributed by atoms with Crippen LogP contribution in [0.5, 0.6) is 0 Å². The maximum absolute atomic E-state index is 12.9. The number of allylic oxidation sites excluding steroid dienone is 8. The van der Waals surface area contributed by atoms with E-state index in [1.807, 2.05) is 0 Å². The molecule has 0 saturated carbocycles. The fraction of sp³-hybridized carbons (Fsp3) is 0.825. The van der Waals surface area contributed by atoms with E-state index >= 15 is 0 Å². The zero-order valence-corrected chi connectivity index (χ0v) is 46.1. The van der Waals surface area contributed by atoms with Crippen molar-refractivity contribution in [1.82, 2.24) is 0 Å². The molecule has 6 nitrogen and oxygen atoms in total. The second-order valence-electron chi connectivity index (χ2n) is 20.2. The SMILES string of the molecule is CCCCC/C=C\C/C=C\CCCCCCCCCCCC(=O)O[C@@H](COC(=O)CCCCCCCCC/C=C\CCCCCC)COC(=O)CCCCCCCCC/C=C\CCCCCCCC. The molecule has 0 fully saturated rings. The van der Waals surface area contributed by atoms with Gasteiger partial charge >= 0.3 is 17.9 Å². The van der Waals surface area contributed by atoms with Gasteiger partial charge in [-0.15, -0.1) is 0 Å². The van der Waals surface area contributed by atoms with E-state index in [4.69, 9.17) is 14.2 Å². The Kier molecular flexibility index (Phi) is 55.7. The summed E-state index contributed by atoms with van der Waals surface area (Å²) in [5.41, 5.74) is 0. The van der Waals surface area contributed by atoms with Gasteiger partial charge in [0.25, 0.3) is 0 Å². The summed E-state index contributed by atoms with van der Waals surface area (Å²) in [5.74, 6) is -0.874. The highest BCUT2D eigenvalue weighted by Crippen LogP contribution is 2.16. The lowest BCUT2D eigenvalue weighted by Gasteiger charge is -2.18. The molecule has 1 atom stereocenters. The summed E-state index contributed by atoms with van der Waals surface area (Å²) in [7, 11) is 0. The first kappa shape index (κ1) is 66.4. The number of ether oxygens (including phenoxy) is 3. The van der Waals surface area contributed by atoms with Gasteiger partial charge in [-0.3, -0.25) is 14.4 Å². The number of hydrogen-bond acceptors (Lipinski definition) is 6. The summed E-state index contributed by atoms with van der Waals surface area (Å²) >= 11 is 0. The summed E-state index contributed by atoms with van der Waals surface area (Å²) in [6.45, 7) is 6.63. The molecule has 0 aromatic heterocycles. The second kappa shape index (κ2) is 57.9. The molecule has 0 aromatic rings. The molecule has 402 valence electrons. The Bertz CT molecular complexity index is 1200. The Morgan fingerprint density at radius 3 is 0.855 bits per heavy atom. The van der Waals surface area contributed by atoms with Gasteiger partial charge in [0.2, 0.25) is 0 Å².